The largest absolute Gasteiger partial charge is 0.466 e. The van der Waals surface area contributed by atoms with Crippen LogP contribution in [0, 0.1) is 0 Å². The van der Waals surface area contributed by atoms with Gasteiger partial charge in [0.05, 0.1) is 13.0 Å². The lowest BCUT2D eigenvalue weighted by atomic mass is 9.95. The molecule has 1 aliphatic carbocycles. The van der Waals surface area contributed by atoms with Crippen LogP contribution in [0.5, 0.6) is 0 Å². The lowest BCUT2D eigenvalue weighted by Crippen LogP contribution is -2.39. The molecule has 3 heteroatoms. The van der Waals surface area contributed by atoms with Crippen molar-refractivity contribution in [1.29, 1.82) is 0 Å². The van der Waals surface area contributed by atoms with Gasteiger partial charge in [0.2, 0.25) is 0 Å². The van der Waals surface area contributed by atoms with Gasteiger partial charge in [-0.3, -0.25) is 4.79 Å². The van der Waals surface area contributed by atoms with Crippen molar-refractivity contribution in [3.8, 4) is 0 Å². The Bertz CT molecular complexity index is 255. The monoisotopic (exact) mass is 239 g/mol. The van der Waals surface area contributed by atoms with E-state index >= 15 is 0 Å². The van der Waals surface area contributed by atoms with E-state index in [0.29, 0.717) is 13.0 Å². The van der Waals surface area contributed by atoms with Gasteiger partial charge in [-0.1, -0.05) is 25.0 Å². The molecule has 0 aliphatic heterocycles. The van der Waals surface area contributed by atoms with E-state index in [0.717, 1.165) is 44.9 Å². The van der Waals surface area contributed by atoms with E-state index in [9.17, 15) is 4.79 Å². The molecule has 1 aliphatic rings. The third-order valence-corrected chi connectivity index (χ3v) is 3.36. The minimum Gasteiger partial charge on any atom is -0.466 e. The first-order valence-electron chi connectivity index (χ1n) is 6.72. The van der Waals surface area contributed by atoms with Gasteiger partial charge in [0.1, 0.15) is 0 Å². The van der Waals surface area contributed by atoms with E-state index in [1.54, 1.807) is 0 Å². The van der Waals surface area contributed by atoms with E-state index < -0.39 is 0 Å². The SMILES string of the molecule is C/C=C\CCCCOC(=O)CC1(N)CCCC1. The summed E-state index contributed by atoms with van der Waals surface area (Å²) in [4.78, 5) is 11.6. The van der Waals surface area contributed by atoms with Crippen LogP contribution in [0.3, 0.4) is 0 Å². The number of esters is 1. The van der Waals surface area contributed by atoms with Gasteiger partial charge in [0.25, 0.3) is 0 Å². The Hall–Kier alpha value is -0.830. The number of hydrogen-bond donors (Lipinski definition) is 1. The Morgan fingerprint density at radius 2 is 2.06 bits per heavy atom. The van der Waals surface area contributed by atoms with E-state index in [-0.39, 0.29) is 11.5 Å². The average molecular weight is 239 g/mol. The van der Waals surface area contributed by atoms with Crippen LogP contribution in [0.2, 0.25) is 0 Å². The van der Waals surface area contributed by atoms with Crippen molar-refractivity contribution in [2.75, 3.05) is 6.61 Å². The molecule has 0 radical (unpaired) electrons. The van der Waals surface area contributed by atoms with Gasteiger partial charge in [0.15, 0.2) is 0 Å². The van der Waals surface area contributed by atoms with Crippen molar-refractivity contribution < 1.29 is 9.53 Å². The third kappa shape index (κ3) is 5.87. The number of unbranched alkanes of at least 4 members (excludes halogenated alkanes) is 2. The fourth-order valence-corrected chi connectivity index (χ4v) is 2.31. The van der Waals surface area contributed by atoms with Crippen molar-refractivity contribution >= 4 is 5.97 Å². The summed E-state index contributed by atoms with van der Waals surface area (Å²) in [6.45, 7) is 2.55. The van der Waals surface area contributed by atoms with Crippen LogP contribution in [0.25, 0.3) is 0 Å². The van der Waals surface area contributed by atoms with Gasteiger partial charge in [-0.2, -0.15) is 0 Å². The summed E-state index contributed by atoms with van der Waals surface area (Å²) in [6.07, 6.45) is 11.9. The molecule has 1 rings (SSSR count). The highest BCUT2D eigenvalue weighted by Crippen LogP contribution is 2.30. The number of carbonyl (C=O) groups is 1. The number of nitrogens with two attached hydrogens (primary N) is 1. The van der Waals surface area contributed by atoms with Crippen LogP contribution in [0.1, 0.15) is 58.3 Å². The van der Waals surface area contributed by atoms with Gasteiger partial charge in [-0.15, -0.1) is 0 Å². The predicted octanol–water partition coefficient (Wildman–Crippen LogP) is 2.94. The summed E-state index contributed by atoms with van der Waals surface area (Å²) in [5.74, 6) is -0.125. The molecule has 1 fully saturated rings. The van der Waals surface area contributed by atoms with E-state index in [4.69, 9.17) is 10.5 Å². The smallest absolute Gasteiger partial charge is 0.307 e. The fourth-order valence-electron chi connectivity index (χ4n) is 2.31. The van der Waals surface area contributed by atoms with Crippen molar-refractivity contribution in [3.63, 3.8) is 0 Å². The summed E-state index contributed by atoms with van der Waals surface area (Å²) < 4.78 is 5.21. The van der Waals surface area contributed by atoms with E-state index in [1.807, 2.05) is 13.0 Å². The first kappa shape index (κ1) is 14.2. The van der Waals surface area contributed by atoms with Crippen molar-refractivity contribution in [2.24, 2.45) is 5.73 Å². The quantitative estimate of drug-likeness (QED) is 0.422. The van der Waals surface area contributed by atoms with Crippen molar-refractivity contribution in [3.05, 3.63) is 12.2 Å². The van der Waals surface area contributed by atoms with Crippen molar-refractivity contribution in [1.82, 2.24) is 0 Å². The Labute approximate surface area is 104 Å². The zero-order valence-electron chi connectivity index (χ0n) is 10.9. The van der Waals surface area contributed by atoms with Gasteiger partial charge in [-0.25, -0.2) is 0 Å². The summed E-state index contributed by atoms with van der Waals surface area (Å²) in [6, 6.07) is 0. The molecule has 1 saturated carbocycles. The summed E-state index contributed by atoms with van der Waals surface area (Å²) in [5, 5.41) is 0. The minimum absolute atomic E-state index is 0.125. The molecule has 0 atom stereocenters. The van der Waals surface area contributed by atoms with Crippen LogP contribution in [0.15, 0.2) is 12.2 Å². The van der Waals surface area contributed by atoms with Crippen LogP contribution in [0.4, 0.5) is 0 Å². The predicted molar refractivity (Wildman–Crippen MR) is 69.6 cm³/mol. The summed E-state index contributed by atoms with van der Waals surface area (Å²) in [5.41, 5.74) is 5.84. The Morgan fingerprint density at radius 1 is 1.35 bits per heavy atom. The van der Waals surface area contributed by atoms with E-state index in [2.05, 4.69) is 6.08 Å². The first-order valence-corrected chi connectivity index (χ1v) is 6.72. The van der Waals surface area contributed by atoms with Crippen molar-refractivity contribution in [2.45, 2.75) is 63.8 Å². The molecule has 17 heavy (non-hydrogen) atoms. The van der Waals surface area contributed by atoms with Crippen LogP contribution in [-0.4, -0.2) is 18.1 Å². The third-order valence-electron chi connectivity index (χ3n) is 3.36. The second-order valence-corrected chi connectivity index (χ2v) is 5.03. The van der Waals surface area contributed by atoms with Crippen LogP contribution < -0.4 is 5.73 Å². The summed E-state index contributed by atoms with van der Waals surface area (Å²) in [7, 11) is 0. The number of ether oxygens (including phenoxy) is 1. The molecule has 0 heterocycles. The second kappa shape index (κ2) is 7.49. The standard InChI is InChI=1S/C14H25NO2/c1-2-3-4-5-8-11-17-13(16)12-14(15)9-6-7-10-14/h2-3H,4-12,15H2,1H3/b3-2-. The number of rotatable bonds is 7. The maximum Gasteiger partial charge on any atom is 0.307 e. The second-order valence-electron chi connectivity index (χ2n) is 5.03. The molecule has 98 valence electrons. The molecular formula is C14H25NO2. The maximum atomic E-state index is 11.6. The minimum atomic E-state index is -0.276. The number of carbonyl (C=O) groups excluding carboxylic acids is 1. The summed E-state index contributed by atoms with van der Waals surface area (Å²) >= 11 is 0. The van der Waals surface area contributed by atoms with Crippen LogP contribution in [-0.2, 0) is 9.53 Å². The van der Waals surface area contributed by atoms with Gasteiger partial charge in [-0.05, 0) is 39.0 Å². The highest BCUT2D eigenvalue weighted by molar-refractivity contribution is 5.70. The molecule has 0 unspecified atom stereocenters. The molecule has 0 aromatic rings. The number of hydrogen-bond acceptors (Lipinski definition) is 3. The molecular weight excluding hydrogens is 214 g/mol. The Morgan fingerprint density at radius 3 is 2.71 bits per heavy atom. The lowest BCUT2D eigenvalue weighted by Gasteiger charge is -2.21. The highest BCUT2D eigenvalue weighted by Gasteiger charge is 2.32. The molecule has 2 N–H and O–H groups in total. The molecule has 0 saturated heterocycles. The number of allylic oxidation sites excluding steroid dienone is 2. The first-order chi connectivity index (χ1) is 8.16. The van der Waals surface area contributed by atoms with Gasteiger partial charge < -0.3 is 10.5 Å². The zero-order chi connectivity index (χ0) is 12.6. The Balaban J connectivity index is 2.05. The molecule has 3 nitrogen and oxygen atoms in total. The normalized spacial score (nSPS) is 18.7. The zero-order valence-corrected chi connectivity index (χ0v) is 10.9. The molecule has 0 aromatic heterocycles. The van der Waals surface area contributed by atoms with Gasteiger partial charge >= 0.3 is 5.97 Å². The maximum absolute atomic E-state index is 11.6. The fraction of sp³-hybridized carbons (Fsp3) is 0.786. The molecule has 0 spiro atoms. The molecule has 0 aromatic carbocycles. The molecule has 0 bridgehead atoms. The van der Waals surface area contributed by atoms with Gasteiger partial charge in [0, 0.05) is 5.54 Å². The average Bonchev–Trinajstić information content (AvgIpc) is 2.70. The molecule has 0 amide bonds. The Kier molecular flexibility index (Phi) is 6.27. The lowest BCUT2D eigenvalue weighted by molar-refractivity contribution is -0.145. The van der Waals surface area contributed by atoms with Crippen LogP contribution >= 0.6 is 0 Å². The van der Waals surface area contributed by atoms with E-state index in [1.165, 1.54) is 0 Å². The topological polar surface area (TPSA) is 52.3 Å². The highest BCUT2D eigenvalue weighted by atomic mass is 16.5.